The van der Waals surface area contributed by atoms with Crippen molar-refractivity contribution in [3.05, 3.63) is 53.6 Å². The minimum Gasteiger partial charge on any atom is -0.349 e. The molecule has 3 heteroatoms. The summed E-state index contributed by atoms with van der Waals surface area (Å²) in [5, 5.41) is 3.27. The normalized spacial score (nSPS) is 28.9. The molecule has 2 bridgehead atoms. The number of allylic oxidation sites excluding steroid dienone is 3. The zero-order chi connectivity index (χ0) is 20.7. The molecular weight excluding hydrogens is 368 g/mol. The van der Waals surface area contributed by atoms with Crippen molar-refractivity contribution in [3.63, 3.8) is 0 Å². The van der Waals surface area contributed by atoms with E-state index in [4.69, 9.17) is 0 Å². The number of amides is 1. The lowest BCUT2D eigenvalue weighted by molar-refractivity contribution is -0.116. The second-order valence-corrected chi connectivity index (χ2v) is 10.1. The predicted octanol–water partition coefficient (Wildman–Crippen LogP) is 4.93. The van der Waals surface area contributed by atoms with E-state index in [1.54, 1.807) is 0 Å². The Bertz CT molecular complexity index is 857. The molecule has 160 valence electrons. The Balaban J connectivity index is 1.31. The van der Waals surface area contributed by atoms with Crippen molar-refractivity contribution in [2.24, 2.45) is 17.8 Å². The van der Waals surface area contributed by atoms with E-state index in [0.29, 0.717) is 0 Å². The molecule has 5 rings (SSSR count). The topological polar surface area (TPSA) is 32.3 Å². The lowest BCUT2D eigenvalue weighted by Gasteiger charge is -2.40. The van der Waals surface area contributed by atoms with E-state index < -0.39 is 0 Å². The molecule has 1 amide bonds. The first-order valence-corrected chi connectivity index (χ1v) is 12.2. The first-order chi connectivity index (χ1) is 14.6. The third-order valence-corrected chi connectivity index (χ3v) is 8.40. The first-order valence-electron chi connectivity index (χ1n) is 12.2. The molecule has 3 nitrogen and oxygen atoms in total. The average molecular weight is 405 g/mol. The molecule has 1 aliphatic heterocycles. The van der Waals surface area contributed by atoms with Gasteiger partial charge >= 0.3 is 0 Å². The van der Waals surface area contributed by atoms with Crippen LogP contribution < -0.4 is 5.32 Å². The van der Waals surface area contributed by atoms with Crippen molar-refractivity contribution >= 4 is 11.5 Å². The fraction of sp³-hybridized carbons (Fsp3) is 0.593. The number of likely N-dealkylation sites (tertiary alicyclic amines) is 1. The highest BCUT2D eigenvalue weighted by Gasteiger charge is 2.43. The molecule has 1 aromatic carbocycles. The van der Waals surface area contributed by atoms with E-state index in [0.717, 1.165) is 67.7 Å². The van der Waals surface area contributed by atoms with Crippen molar-refractivity contribution in [1.29, 1.82) is 0 Å². The third kappa shape index (κ3) is 3.45. The maximum atomic E-state index is 13.1. The van der Waals surface area contributed by atoms with Gasteiger partial charge in [-0.15, -0.1) is 0 Å². The number of rotatable bonds is 6. The van der Waals surface area contributed by atoms with Crippen LogP contribution in [0.25, 0.3) is 5.57 Å². The summed E-state index contributed by atoms with van der Waals surface area (Å²) in [7, 11) is 0. The number of hydrogen-bond donors (Lipinski definition) is 1. The molecule has 3 aliphatic carbocycles. The van der Waals surface area contributed by atoms with Crippen LogP contribution in [0.3, 0.4) is 0 Å². The Morgan fingerprint density at radius 2 is 1.90 bits per heavy atom. The maximum Gasteiger partial charge on any atom is 0.251 e. The quantitative estimate of drug-likeness (QED) is 0.682. The summed E-state index contributed by atoms with van der Waals surface area (Å²) in [5.41, 5.74) is 3.49. The standard InChI is InChI=1S/C27H36N2O/c1-3-22(4-2)28-26(30)24-17-27(25-8-6-5-7-23(24)25)11-13-29(14-12-27)18-21-16-19-9-10-20(21)15-19/h5-10,17,19-22H,3-4,11-16,18H2,1-2H3,(H,28,30). The van der Waals surface area contributed by atoms with E-state index >= 15 is 0 Å². The van der Waals surface area contributed by atoms with Gasteiger partial charge in [0, 0.05) is 23.6 Å². The van der Waals surface area contributed by atoms with Gasteiger partial charge in [0.25, 0.3) is 5.91 Å². The second-order valence-electron chi connectivity index (χ2n) is 10.1. The minimum absolute atomic E-state index is 0.0439. The van der Waals surface area contributed by atoms with Crippen LogP contribution in [0.5, 0.6) is 0 Å². The predicted molar refractivity (Wildman–Crippen MR) is 123 cm³/mol. The molecule has 30 heavy (non-hydrogen) atoms. The molecule has 2 fully saturated rings. The molecule has 1 saturated carbocycles. The van der Waals surface area contributed by atoms with Crippen LogP contribution >= 0.6 is 0 Å². The Hall–Kier alpha value is -1.87. The number of piperidine rings is 1. The van der Waals surface area contributed by atoms with Gasteiger partial charge in [0.2, 0.25) is 0 Å². The summed E-state index contributed by atoms with van der Waals surface area (Å²) in [4.78, 5) is 15.8. The fourth-order valence-electron chi connectivity index (χ4n) is 6.51. The number of nitrogens with zero attached hydrogens (tertiary/aromatic N) is 1. The van der Waals surface area contributed by atoms with E-state index in [-0.39, 0.29) is 17.4 Å². The van der Waals surface area contributed by atoms with E-state index in [2.05, 4.69) is 66.6 Å². The Morgan fingerprint density at radius 3 is 2.57 bits per heavy atom. The van der Waals surface area contributed by atoms with E-state index in [1.165, 1.54) is 24.9 Å². The molecule has 1 N–H and O–H groups in total. The lowest BCUT2D eigenvalue weighted by atomic mass is 9.74. The van der Waals surface area contributed by atoms with Gasteiger partial charge in [-0.2, -0.15) is 0 Å². The zero-order valence-electron chi connectivity index (χ0n) is 18.6. The number of carbonyl (C=O) groups excluding carboxylic acids is 1. The minimum atomic E-state index is 0.0439. The molecule has 3 atom stereocenters. The highest BCUT2D eigenvalue weighted by Crippen LogP contribution is 2.48. The monoisotopic (exact) mass is 404 g/mol. The summed E-state index contributed by atoms with van der Waals surface area (Å²) >= 11 is 0. The number of carbonyl (C=O) groups is 1. The summed E-state index contributed by atoms with van der Waals surface area (Å²) in [6.07, 6.45) is 14.3. The van der Waals surface area contributed by atoms with Crippen molar-refractivity contribution < 1.29 is 4.79 Å². The van der Waals surface area contributed by atoms with Crippen molar-refractivity contribution in [2.45, 2.75) is 63.8 Å². The Kier molecular flexibility index (Phi) is 5.35. The maximum absolute atomic E-state index is 13.1. The van der Waals surface area contributed by atoms with Crippen LogP contribution in [0.2, 0.25) is 0 Å². The van der Waals surface area contributed by atoms with Crippen LogP contribution in [0.15, 0.2) is 42.5 Å². The molecule has 1 heterocycles. The van der Waals surface area contributed by atoms with Gasteiger partial charge in [0.1, 0.15) is 0 Å². The smallest absolute Gasteiger partial charge is 0.251 e. The SMILES string of the molecule is CCC(CC)NC(=O)C1=CC2(CCN(CC3CC4C=CC3C4)CC2)c2ccccc21. The van der Waals surface area contributed by atoms with Crippen molar-refractivity contribution in [3.8, 4) is 0 Å². The highest BCUT2D eigenvalue weighted by molar-refractivity contribution is 6.21. The molecule has 1 saturated heterocycles. The number of fused-ring (bicyclic) bond motifs is 4. The van der Waals surface area contributed by atoms with Gasteiger partial charge in [-0.05, 0) is 80.5 Å². The summed E-state index contributed by atoms with van der Waals surface area (Å²) in [6.45, 7) is 7.84. The molecule has 0 radical (unpaired) electrons. The second kappa shape index (κ2) is 8.00. The molecule has 1 spiro atoms. The van der Waals surface area contributed by atoms with Crippen LogP contribution in [0.4, 0.5) is 0 Å². The van der Waals surface area contributed by atoms with Gasteiger partial charge in [-0.3, -0.25) is 4.79 Å². The molecular formula is C27H36N2O. The van der Waals surface area contributed by atoms with Crippen LogP contribution in [0.1, 0.15) is 63.5 Å². The van der Waals surface area contributed by atoms with Crippen LogP contribution in [-0.2, 0) is 10.2 Å². The molecule has 0 aromatic heterocycles. The van der Waals surface area contributed by atoms with Gasteiger partial charge in [-0.1, -0.05) is 56.3 Å². The number of hydrogen-bond acceptors (Lipinski definition) is 2. The van der Waals surface area contributed by atoms with Gasteiger partial charge < -0.3 is 10.2 Å². The molecule has 3 unspecified atom stereocenters. The van der Waals surface area contributed by atoms with Gasteiger partial charge in [0.05, 0.1) is 0 Å². The highest BCUT2D eigenvalue weighted by atomic mass is 16.1. The van der Waals surface area contributed by atoms with Crippen LogP contribution in [0, 0.1) is 17.8 Å². The van der Waals surface area contributed by atoms with E-state index in [9.17, 15) is 4.79 Å². The van der Waals surface area contributed by atoms with Gasteiger partial charge in [0.15, 0.2) is 0 Å². The van der Waals surface area contributed by atoms with Crippen LogP contribution in [-0.4, -0.2) is 36.5 Å². The average Bonchev–Trinajstić information content (AvgIpc) is 3.48. The zero-order valence-corrected chi connectivity index (χ0v) is 18.6. The molecule has 4 aliphatic rings. The number of benzene rings is 1. The van der Waals surface area contributed by atoms with Gasteiger partial charge in [-0.25, -0.2) is 0 Å². The van der Waals surface area contributed by atoms with Crippen molar-refractivity contribution in [1.82, 2.24) is 10.2 Å². The van der Waals surface area contributed by atoms with E-state index in [1.807, 2.05) is 0 Å². The molecule has 1 aromatic rings. The first kappa shape index (κ1) is 20.1. The largest absolute Gasteiger partial charge is 0.349 e. The summed E-state index contributed by atoms with van der Waals surface area (Å²) in [5.74, 6) is 2.67. The lowest BCUT2D eigenvalue weighted by Crippen LogP contribution is -2.43. The Morgan fingerprint density at radius 1 is 1.13 bits per heavy atom. The summed E-state index contributed by atoms with van der Waals surface area (Å²) in [6, 6.07) is 8.90. The fourth-order valence-corrected chi connectivity index (χ4v) is 6.51. The number of nitrogens with one attached hydrogen (secondary N) is 1. The Labute approximate surface area is 181 Å². The van der Waals surface area contributed by atoms with Crippen molar-refractivity contribution in [2.75, 3.05) is 19.6 Å². The third-order valence-electron chi connectivity index (χ3n) is 8.40. The summed E-state index contributed by atoms with van der Waals surface area (Å²) < 4.78 is 0.